The van der Waals surface area contributed by atoms with Crippen LogP contribution in [-0.4, -0.2) is 15.7 Å². The molecule has 0 fully saturated rings. The van der Waals surface area contributed by atoms with Crippen molar-refractivity contribution in [2.75, 3.05) is 11.5 Å². The second kappa shape index (κ2) is 4.19. The average molecular weight is 200 g/mol. The lowest BCUT2D eigenvalue weighted by Gasteiger charge is -1.94. The normalized spacial score (nSPS) is 8.83. The van der Waals surface area contributed by atoms with Crippen molar-refractivity contribution >= 4 is 30.0 Å². The molecule has 3 nitrogen and oxygen atoms in total. The van der Waals surface area contributed by atoms with E-state index in [1.165, 1.54) is 6.20 Å². The van der Waals surface area contributed by atoms with Crippen molar-refractivity contribution in [3.05, 3.63) is 17.0 Å². The smallest absolute Gasteiger partial charge is 0.172 e. The highest BCUT2D eigenvalue weighted by molar-refractivity contribution is 7.80. The fraction of sp³-hybridized carbons (Fsp3) is 0.143. The van der Waals surface area contributed by atoms with Crippen LogP contribution in [0.3, 0.4) is 0 Å². The van der Waals surface area contributed by atoms with E-state index in [4.69, 9.17) is 17.3 Å². The lowest BCUT2D eigenvalue weighted by Crippen LogP contribution is -1.95. The van der Waals surface area contributed by atoms with Crippen LogP contribution in [0.25, 0.3) is 0 Å². The van der Waals surface area contributed by atoms with Crippen molar-refractivity contribution in [2.24, 2.45) is 0 Å². The van der Waals surface area contributed by atoms with Gasteiger partial charge in [-0.15, -0.1) is 0 Å². The van der Waals surface area contributed by atoms with E-state index < -0.39 is 0 Å². The lowest BCUT2D eigenvalue weighted by atomic mass is 10.4. The molecule has 5 heteroatoms. The highest BCUT2D eigenvalue weighted by Crippen LogP contribution is 2.10. The Labute approximate surface area is 80.8 Å². The lowest BCUT2D eigenvalue weighted by molar-refractivity contribution is 1.18. The Balaban J connectivity index is 2.97. The Morgan fingerprint density at radius 2 is 2.42 bits per heavy atom. The summed E-state index contributed by atoms with van der Waals surface area (Å²) in [4.78, 5) is 7.67. The van der Waals surface area contributed by atoms with E-state index in [9.17, 15) is 0 Å². The van der Waals surface area contributed by atoms with Crippen LogP contribution < -0.4 is 5.73 Å². The van der Waals surface area contributed by atoms with Gasteiger partial charge in [0, 0.05) is 0 Å². The number of halogens is 1. The van der Waals surface area contributed by atoms with Gasteiger partial charge in [-0.3, -0.25) is 0 Å². The first-order valence-electron chi connectivity index (χ1n) is 3.12. The van der Waals surface area contributed by atoms with Gasteiger partial charge in [-0.2, -0.15) is 12.6 Å². The Morgan fingerprint density at radius 1 is 1.67 bits per heavy atom. The average Bonchev–Trinajstić information content (AvgIpc) is 2.07. The van der Waals surface area contributed by atoms with Crippen LogP contribution in [0.2, 0.25) is 5.15 Å². The quantitative estimate of drug-likeness (QED) is 0.484. The molecule has 0 atom stereocenters. The van der Waals surface area contributed by atoms with Gasteiger partial charge in [-0.1, -0.05) is 17.5 Å². The third-order valence-electron chi connectivity index (χ3n) is 1.05. The number of hydrogen-bond donors (Lipinski definition) is 2. The van der Waals surface area contributed by atoms with E-state index in [2.05, 4.69) is 34.4 Å². The number of hydrogen-bond acceptors (Lipinski definition) is 4. The molecule has 0 bridgehead atoms. The molecule has 0 saturated carbocycles. The zero-order valence-corrected chi connectivity index (χ0v) is 7.73. The second-order valence-corrected chi connectivity index (χ2v) is 2.57. The van der Waals surface area contributed by atoms with Crippen molar-refractivity contribution in [1.82, 2.24) is 9.97 Å². The van der Waals surface area contributed by atoms with Crippen molar-refractivity contribution in [3.63, 3.8) is 0 Å². The van der Waals surface area contributed by atoms with Gasteiger partial charge in [-0.25, -0.2) is 9.97 Å². The summed E-state index contributed by atoms with van der Waals surface area (Å²) in [5.41, 5.74) is 5.85. The Morgan fingerprint density at radius 3 is 3.00 bits per heavy atom. The molecule has 1 aromatic heterocycles. The molecule has 62 valence electrons. The van der Waals surface area contributed by atoms with Crippen LogP contribution in [0, 0.1) is 11.8 Å². The first-order valence-corrected chi connectivity index (χ1v) is 4.13. The van der Waals surface area contributed by atoms with Gasteiger partial charge in [-0.05, 0) is 5.92 Å². The molecule has 0 spiro atoms. The summed E-state index contributed by atoms with van der Waals surface area (Å²) in [5.74, 6) is 6.14. The minimum absolute atomic E-state index is 0.181. The van der Waals surface area contributed by atoms with E-state index in [1.54, 1.807) is 0 Å². The third kappa shape index (κ3) is 2.29. The van der Waals surface area contributed by atoms with Crippen LogP contribution >= 0.6 is 24.2 Å². The summed E-state index contributed by atoms with van der Waals surface area (Å²) in [6.45, 7) is 0. The van der Waals surface area contributed by atoms with Gasteiger partial charge in [0.15, 0.2) is 11.0 Å². The van der Waals surface area contributed by atoms with E-state index in [-0.39, 0.29) is 11.0 Å². The molecule has 12 heavy (non-hydrogen) atoms. The summed E-state index contributed by atoms with van der Waals surface area (Å²) in [6, 6.07) is 0. The zero-order chi connectivity index (χ0) is 8.97. The summed E-state index contributed by atoms with van der Waals surface area (Å²) in [6.07, 6.45) is 1.47. The van der Waals surface area contributed by atoms with Gasteiger partial charge in [0.1, 0.15) is 5.69 Å². The molecule has 2 N–H and O–H groups in total. The molecular weight excluding hydrogens is 194 g/mol. The Bertz CT molecular complexity index is 342. The molecule has 1 aromatic rings. The van der Waals surface area contributed by atoms with Crippen LogP contribution in [0.15, 0.2) is 6.20 Å². The zero-order valence-electron chi connectivity index (χ0n) is 6.08. The summed E-state index contributed by atoms with van der Waals surface area (Å²) in [7, 11) is 0. The maximum Gasteiger partial charge on any atom is 0.172 e. The van der Waals surface area contributed by atoms with E-state index in [0.717, 1.165) is 0 Å². The summed E-state index contributed by atoms with van der Waals surface area (Å²) < 4.78 is 0. The Kier molecular flexibility index (Phi) is 3.20. The predicted octanol–water partition coefficient (Wildman–Crippen LogP) is 0.994. The van der Waals surface area contributed by atoms with Crippen LogP contribution in [-0.2, 0) is 0 Å². The Hall–Kier alpha value is -0.920. The molecule has 0 amide bonds. The van der Waals surface area contributed by atoms with Crippen LogP contribution in [0.1, 0.15) is 5.69 Å². The molecule has 0 saturated heterocycles. The minimum atomic E-state index is 0.181. The molecule has 0 unspecified atom stereocenters. The van der Waals surface area contributed by atoms with E-state index in [0.29, 0.717) is 11.4 Å². The molecule has 0 aromatic carbocycles. The van der Waals surface area contributed by atoms with Crippen LogP contribution in [0.5, 0.6) is 0 Å². The maximum absolute atomic E-state index is 5.61. The summed E-state index contributed by atoms with van der Waals surface area (Å²) in [5, 5.41) is 0.181. The first kappa shape index (κ1) is 9.17. The number of aromatic nitrogens is 2. The number of anilines is 1. The highest BCUT2D eigenvalue weighted by Gasteiger charge is 1.97. The van der Waals surface area contributed by atoms with Crippen molar-refractivity contribution < 1.29 is 0 Å². The fourth-order valence-corrected chi connectivity index (χ4v) is 0.785. The number of nitrogens with two attached hydrogens (primary N) is 1. The maximum atomic E-state index is 5.61. The number of rotatable bonds is 0. The molecule has 0 aliphatic heterocycles. The van der Waals surface area contributed by atoms with E-state index in [1.807, 2.05) is 0 Å². The highest BCUT2D eigenvalue weighted by atomic mass is 35.5. The first-order chi connectivity index (χ1) is 5.74. The monoisotopic (exact) mass is 199 g/mol. The molecule has 0 aliphatic rings. The van der Waals surface area contributed by atoms with Gasteiger partial charge in [0.2, 0.25) is 0 Å². The fourth-order valence-electron chi connectivity index (χ4n) is 0.566. The van der Waals surface area contributed by atoms with Gasteiger partial charge in [0.25, 0.3) is 0 Å². The van der Waals surface area contributed by atoms with Gasteiger partial charge >= 0.3 is 0 Å². The molecule has 0 radical (unpaired) electrons. The predicted molar refractivity (Wildman–Crippen MR) is 52.2 cm³/mol. The number of thiol groups is 1. The van der Waals surface area contributed by atoms with Gasteiger partial charge < -0.3 is 5.73 Å². The van der Waals surface area contributed by atoms with Crippen molar-refractivity contribution in [3.8, 4) is 11.8 Å². The minimum Gasteiger partial charge on any atom is -0.381 e. The molecule has 1 rings (SSSR count). The number of nitrogen functional groups attached to an aromatic ring is 1. The van der Waals surface area contributed by atoms with Gasteiger partial charge in [0.05, 0.1) is 11.9 Å². The summed E-state index contributed by atoms with van der Waals surface area (Å²) >= 11 is 9.52. The molecular formula is C7H6ClN3S. The van der Waals surface area contributed by atoms with Crippen molar-refractivity contribution in [1.29, 1.82) is 0 Å². The SMILES string of the molecule is Nc1ncc(C#CCS)nc1Cl. The standard InChI is InChI=1S/C7H6ClN3S/c8-6-7(9)10-4-5(11-6)2-1-3-12/h4,12H,3H2,(H2,9,10). The third-order valence-corrected chi connectivity index (χ3v) is 1.49. The van der Waals surface area contributed by atoms with Crippen LogP contribution in [0.4, 0.5) is 5.82 Å². The largest absolute Gasteiger partial charge is 0.381 e. The second-order valence-electron chi connectivity index (χ2n) is 1.89. The van der Waals surface area contributed by atoms with Crippen molar-refractivity contribution in [2.45, 2.75) is 0 Å². The molecule has 1 heterocycles. The molecule has 0 aliphatic carbocycles. The topological polar surface area (TPSA) is 51.8 Å². The number of nitrogens with zero attached hydrogens (tertiary/aromatic N) is 2. The van der Waals surface area contributed by atoms with E-state index >= 15 is 0 Å².